The molecule has 0 spiro atoms. The first kappa shape index (κ1) is 40.3. The maximum atomic E-state index is 14.5. The van der Waals surface area contributed by atoms with Gasteiger partial charge < -0.3 is 23.4 Å². The van der Waals surface area contributed by atoms with Crippen LogP contribution in [0, 0.1) is 20.8 Å². The van der Waals surface area contributed by atoms with Gasteiger partial charge in [-0.1, -0.05) is 48.0 Å². The molecule has 1 amide bonds. The Balaban J connectivity index is 1.65. The van der Waals surface area contributed by atoms with E-state index >= 15 is 0 Å². The highest BCUT2D eigenvalue weighted by Crippen LogP contribution is 2.55. The first-order valence-corrected chi connectivity index (χ1v) is 19.6. The normalized spacial score (nSPS) is 23.4. The molecule has 0 radical (unpaired) electrons. The lowest BCUT2D eigenvalue weighted by atomic mass is 9.39. The largest absolute Gasteiger partial charge is 0.461 e. The average Bonchev–Trinajstić information content (AvgIpc) is 3.30. The van der Waals surface area contributed by atoms with E-state index in [1.54, 1.807) is 18.7 Å². The summed E-state index contributed by atoms with van der Waals surface area (Å²) in [5.41, 5.74) is -1.82. The van der Waals surface area contributed by atoms with Crippen molar-refractivity contribution in [3.63, 3.8) is 0 Å². The summed E-state index contributed by atoms with van der Waals surface area (Å²) in [6.07, 6.45) is -0.196. The number of nitrogens with one attached hydrogen (secondary N) is 1. The highest BCUT2D eigenvalue weighted by molar-refractivity contribution is 7.89. The summed E-state index contributed by atoms with van der Waals surface area (Å²) in [5.74, 6) is 0. The molecule has 2 aliphatic heterocycles. The molecule has 2 aromatic carbocycles. The molecule has 2 aromatic rings. The molecule has 0 bridgehead atoms. The molecule has 2 saturated heterocycles. The van der Waals surface area contributed by atoms with Crippen LogP contribution in [0.25, 0.3) is 0 Å². The predicted molar refractivity (Wildman–Crippen MR) is 205 cm³/mol. The van der Waals surface area contributed by atoms with Gasteiger partial charge in [0.2, 0.25) is 0 Å². The number of hydrogen-bond acceptors (Lipinski definition) is 9. The van der Waals surface area contributed by atoms with Gasteiger partial charge in [-0.3, -0.25) is 4.90 Å². The second kappa shape index (κ2) is 13.4. The molecule has 3 fully saturated rings. The smallest absolute Gasteiger partial charge is 0.444 e. The molecule has 2 heterocycles. The van der Waals surface area contributed by atoms with Gasteiger partial charge in [-0.2, -0.15) is 13.5 Å². The van der Waals surface area contributed by atoms with E-state index in [0.717, 1.165) is 11.1 Å². The molecular weight excluding hydrogens is 680 g/mol. The minimum atomic E-state index is -4.01. The third-order valence-corrected chi connectivity index (χ3v) is 12.8. The monoisotopic (exact) mass is 737 g/mol. The van der Waals surface area contributed by atoms with Gasteiger partial charge in [0.25, 0.3) is 10.0 Å². The molecule has 0 atom stereocenters. The van der Waals surface area contributed by atoms with E-state index in [9.17, 15) is 13.2 Å². The number of benzene rings is 2. The fourth-order valence-electron chi connectivity index (χ4n) is 7.29. The van der Waals surface area contributed by atoms with Crippen molar-refractivity contribution in [2.45, 2.75) is 160 Å². The van der Waals surface area contributed by atoms with Gasteiger partial charge in [0, 0.05) is 25.1 Å². The minimum absolute atomic E-state index is 0.173. The van der Waals surface area contributed by atoms with E-state index in [-0.39, 0.29) is 24.3 Å². The third-order valence-electron chi connectivity index (χ3n) is 11.3. The molecule has 0 aromatic heterocycles. The summed E-state index contributed by atoms with van der Waals surface area (Å²) in [7, 11) is -5.77. The van der Waals surface area contributed by atoms with Crippen molar-refractivity contribution in [3.05, 3.63) is 64.7 Å². The van der Waals surface area contributed by atoms with Crippen molar-refractivity contribution < 1.29 is 36.6 Å². The molecule has 1 aliphatic carbocycles. The van der Waals surface area contributed by atoms with Crippen LogP contribution in [-0.4, -0.2) is 72.9 Å². The average molecular weight is 738 g/mol. The van der Waals surface area contributed by atoms with Crippen molar-refractivity contribution >= 4 is 36.1 Å². The van der Waals surface area contributed by atoms with Crippen LogP contribution in [0.5, 0.6) is 0 Å². The topological polar surface area (TPSA) is 125 Å². The van der Waals surface area contributed by atoms with E-state index in [4.69, 9.17) is 23.4 Å². The molecule has 3 aliphatic rings. The van der Waals surface area contributed by atoms with Crippen LogP contribution in [0.2, 0.25) is 5.72 Å². The zero-order chi connectivity index (χ0) is 38.9. The van der Waals surface area contributed by atoms with Crippen LogP contribution in [0.15, 0.2) is 52.5 Å². The Hall–Kier alpha value is -2.90. The van der Waals surface area contributed by atoms with Crippen LogP contribution in [0.4, 0.5) is 4.79 Å². The van der Waals surface area contributed by atoms with E-state index in [1.165, 1.54) is 0 Å². The summed E-state index contributed by atoms with van der Waals surface area (Å²) in [4.78, 5) is 19.0. The van der Waals surface area contributed by atoms with E-state index in [0.29, 0.717) is 16.8 Å². The molecule has 0 unspecified atom stereocenters. The zero-order valence-corrected chi connectivity index (χ0v) is 34.3. The zero-order valence-electron chi connectivity index (χ0n) is 33.5. The number of nitrogens with zero attached hydrogens (tertiary/aromatic N) is 2. The van der Waals surface area contributed by atoms with E-state index < -0.39 is 69.6 Å². The number of carbonyl (C=O) groups excluding carboxylic acids is 1. The molecule has 1 N–H and O–H groups in total. The lowest BCUT2D eigenvalue weighted by Crippen LogP contribution is -2.68. The number of carbonyl (C=O) groups is 1. The Morgan fingerprint density at radius 2 is 1.29 bits per heavy atom. The first-order chi connectivity index (χ1) is 23.7. The fraction of sp³-hybridized carbons (Fsp3) is 0.632. The van der Waals surface area contributed by atoms with Crippen molar-refractivity contribution in [1.82, 2.24) is 9.73 Å². The van der Waals surface area contributed by atoms with Gasteiger partial charge in [0.05, 0.1) is 38.6 Å². The maximum absolute atomic E-state index is 14.5. The fourth-order valence-corrected chi connectivity index (χ4v) is 8.60. The predicted octanol–water partition coefficient (Wildman–Crippen LogP) is 7.31. The molecule has 11 nitrogen and oxygen atoms in total. The first-order valence-electron chi connectivity index (χ1n) is 18.1. The molecular formula is C38H57B2N3O8S. The van der Waals surface area contributed by atoms with Gasteiger partial charge in [-0.15, -0.1) is 0 Å². The maximum Gasteiger partial charge on any atom is 0.461 e. The number of hydrazone groups is 1. The number of ether oxygens (including phenoxy) is 1. The minimum Gasteiger partial charge on any atom is -0.444 e. The third kappa shape index (κ3) is 7.69. The number of aryl methyl sites for hydroxylation is 3. The Morgan fingerprint density at radius 3 is 1.71 bits per heavy atom. The number of hydrogen-bond donors (Lipinski definition) is 1. The van der Waals surface area contributed by atoms with Crippen molar-refractivity contribution in [3.8, 4) is 0 Å². The van der Waals surface area contributed by atoms with Crippen molar-refractivity contribution in [2.75, 3.05) is 0 Å². The summed E-state index contributed by atoms with van der Waals surface area (Å²) >= 11 is 0. The Morgan fingerprint density at radius 1 is 0.846 bits per heavy atom. The summed E-state index contributed by atoms with van der Waals surface area (Å²) in [5, 5.41) is 4.49. The number of rotatable bonds is 9. The second-order valence-electron chi connectivity index (χ2n) is 17.8. The van der Waals surface area contributed by atoms with Gasteiger partial charge in [0.1, 0.15) is 5.60 Å². The van der Waals surface area contributed by atoms with Crippen LogP contribution >= 0.6 is 0 Å². The SMILES string of the molecule is Cc1cc(C)c(S(=O)(=O)NN=C2CC(C(B3OC(C)(C)C(C)(C)O3)B3OC(C)(C)C(C)(C)O3)(N(Cc3ccccc3)C(=O)OC(C)(C)C)C2)c(C)c1. The summed E-state index contributed by atoms with van der Waals surface area (Å²) in [6, 6.07) is 13.4. The van der Waals surface area contributed by atoms with E-state index in [1.807, 2.05) is 126 Å². The molecule has 1 saturated carbocycles. The number of sulfonamides is 1. The standard InChI is InChI=1S/C38H57B2N3O8S/c1-25-20-26(2)30(27(3)21-25)52(45,46)42-41-29-22-38(23-29,43(32(44)47-33(4,5)6)24-28-18-16-15-17-19-28)31(39-48-34(7,8)35(9,10)49-39)40-50-36(11,12)37(13,14)51-40/h15-21,31,42H,22-24H2,1-14H3. The molecule has 52 heavy (non-hydrogen) atoms. The summed E-state index contributed by atoms with van der Waals surface area (Å²) < 4.78 is 60.6. The van der Waals surface area contributed by atoms with Gasteiger partial charge in [-0.25, -0.2) is 9.63 Å². The Kier molecular flexibility index (Phi) is 10.4. The highest BCUT2D eigenvalue weighted by Gasteiger charge is 2.71. The molecule has 14 heteroatoms. The van der Waals surface area contributed by atoms with Gasteiger partial charge >= 0.3 is 20.3 Å². The quantitative estimate of drug-likeness (QED) is 0.210. The van der Waals surface area contributed by atoms with Crippen LogP contribution < -0.4 is 4.83 Å². The summed E-state index contributed by atoms with van der Waals surface area (Å²) in [6.45, 7) is 27.0. The molecule has 5 rings (SSSR count). The lowest BCUT2D eigenvalue weighted by Gasteiger charge is -2.55. The van der Waals surface area contributed by atoms with Crippen molar-refractivity contribution in [2.24, 2.45) is 5.10 Å². The van der Waals surface area contributed by atoms with Gasteiger partial charge in [0.15, 0.2) is 0 Å². The van der Waals surface area contributed by atoms with Gasteiger partial charge in [-0.05, 0) is 114 Å². The van der Waals surface area contributed by atoms with Crippen LogP contribution in [0.3, 0.4) is 0 Å². The Bertz CT molecular complexity index is 1720. The van der Waals surface area contributed by atoms with E-state index in [2.05, 4.69) is 9.93 Å². The highest BCUT2D eigenvalue weighted by atomic mass is 32.2. The second-order valence-corrected chi connectivity index (χ2v) is 19.4. The lowest BCUT2D eigenvalue weighted by molar-refractivity contribution is -0.0119. The molecule has 284 valence electrons. The number of amides is 1. The van der Waals surface area contributed by atoms with Crippen LogP contribution in [-0.2, 0) is 39.9 Å². The Labute approximate surface area is 311 Å². The van der Waals surface area contributed by atoms with Crippen LogP contribution in [0.1, 0.15) is 111 Å². The van der Waals surface area contributed by atoms with Crippen molar-refractivity contribution in [1.29, 1.82) is 0 Å².